The molecule has 108 valence electrons. The van der Waals surface area contributed by atoms with E-state index in [1.54, 1.807) is 0 Å². The van der Waals surface area contributed by atoms with Crippen molar-refractivity contribution in [2.45, 2.75) is 26.6 Å². The van der Waals surface area contributed by atoms with Gasteiger partial charge in [-0.05, 0) is 62.8 Å². The molecular formula is C16H23N3S. The Morgan fingerprint density at radius 1 is 1.05 bits per heavy atom. The van der Waals surface area contributed by atoms with Crippen molar-refractivity contribution >= 4 is 11.3 Å². The third kappa shape index (κ3) is 4.71. The van der Waals surface area contributed by atoms with E-state index in [1.807, 2.05) is 24.5 Å². The molecule has 0 atom stereocenters. The Hall–Kier alpha value is -1.23. The zero-order chi connectivity index (χ0) is 14.5. The molecule has 0 unspecified atom stereocenters. The minimum absolute atomic E-state index is 0.963. The Morgan fingerprint density at radius 2 is 1.85 bits per heavy atom. The van der Waals surface area contributed by atoms with Crippen molar-refractivity contribution in [3.8, 4) is 0 Å². The summed E-state index contributed by atoms with van der Waals surface area (Å²) in [6.45, 7) is 5.02. The molecule has 0 aliphatic rings. The number of aryl methyl sites for hydroxylation is 1. The highest BCUT2D eigenvalue weighted by Gasteiger charge is 2.06. The number of nitrogens with zero attached hydrogens (tertiary/aromatic N) is 3. The van der Waals surface area contributed by atoms with Crippen LogP contribution in [0.15, 0.2) is 29.8 Å². The number of aromatic nitrogens is 1. The Balaban J connectivity index is 1.91. The van der Waals surface area contributed by atoms with Crippen LogP contribution in [0.1, 0.15) is 21.7 Å². The normalized spacial score (nSPS) is 11.5. The fraction of sp³-hybridized carbons (Fsp3) is 0.438. The van der Waals surface area contributed by atoms with Gasteiger partial charge in [0.25, 0.3) is 0 Å². The first kappa shape index (κ1) is 15.2. The molecule has 0 saturated carbocycles. The molecule has 0 radical (unpaired) electrons. The molecule has 0 aromatic carbocycles. The largest absolute Gasteiger partial charge is 0.305 e. The van der Waals surface area contributed by atoms with Crippen LogP contribution in [0.25, 0.3) is 0 Å². The van der Waals surface area contributed by atoms with Crippen LogP contribution in [-0.4, -0.2) is 35.9 Å². The van der Waals surface area contributed by atoms with Gasteiger partial charge in [0.15, 0.2) is 0 Å². The molecule has 0 spiro atoms. The smallest absolute Gasteiger partial charge is 0.0375 e. The van der Waals surface area contributed by atoms with Crippen molar-refractivity contribution in [1.29, 1.82) is 0 Å². The second kappa shape index (κ2) is 6.97. The Morgan fingerprint density at radius 3 is 2.55 bits per heavy atom. The maximum Gasteiger partial charge on any atom is 0.0375 e. The van der Waals surface area contributed by atoms with Crippen LogP contribution in [0.2, 0.25) is 0 Å². The Kier molecular flexibility index (Phi) is 5.29. The van der Waals surface area contributed by atoms with Crippen molar-refractivity contribution in [1.82, 2.24) is 14.8 Å². The average molecular weight is 289 g/mol. The van der Waals surface area contributed by atoms with Gasteiger partial charge in [-0.2, -0.15) is 0 Å². The van der Waals surface area contributed by atoms with Gasteiger partial charge in [0, 0.05) is 36.4 Å². The highest BCUT2D eigenvalue weighted by molar-refractivity contribution is 7.10. The van der Waals surface area contributed by atoms with E-state index in [1.165, 1.54) is 16.0 Å². The minimum Gasteiger partial charge on any atom is -0.305 e. The number of pyridine rings is 1. The molecule has 0 saturated heterocycles. The minimum atomic E-state index is 0.963. The molecule has 4 heteroatoms. The standard InChI is InChI=1S/C16H23N3S/c1-13-7-14(5-6-17-13)10-19(4)11-16-8-15(12-20-16)9-18(2)3/h5-8,12H,9-11H2,1-4H3. The predicted molar refractivity (Wildman–Crippen MR) is 85.9 cm³/mol. The zero-order valence-corrected chi connectivity index (χ0v) is 13.6. The molecule has 2 rings (SSSR count). The highest BCUT2D eigenvalue weighted by atomic mass is 32.1. The Bertz CT molecular complexity index is 548. The molecule has 0 aliphatic heterocycles. The van der Waals surface area contributed by atoms with Crippen molar-refractivity contribution in [2.75, 3.05) is 21.1 Å². The van der Waals surface area contributed by atoms with Gasteiger partial charge >= 0.3 is 0 Å². The molecule has 0 aliphatic carbocycles. The van der Waals surface area contributed by atoms with Gasteiger partial charge in [0.2, 0.25) is 0 Å². The van der Waals surface area contributed by atoms with E-state index in [-0.39, 0.29) is 0 Å². The van der Waals surface area contributed by atoms with E-state index >= 15 is 0 Å². The summed E-state index contributed by atoms with van der Waals surface area (Å²) in [7, 11) is 6.38. The van der Waals surface area contributed by atoms with Crippen LogP contribution in [0, 0.1) is 6.92 Å². The third-order valence-electron chi connectivity index (χ3n) is 3.05. The van der Waals surface area contributed by atoms with E-state index < -0.39 is 0 Å². The van der Waals surface area contributed by atoms with Crippen LogP contribution < -0.4 is 0 Å². The van der Waals surface area contributed by atoms with Crippen LogP contribution in [-0.2, 0) is 19.6 Å². The second-order valence-electron chi connectivity index (χ2n) is 5.64. The summed E-state index contributed by atoms with van der Waals surface area (Å²) in [5.41, 5.74) is 3.81. The lowest BCUT2D eigenvalue weighted by Gasteiger charge is -2.15. The molecule has 0 amide bonds. The zero-order valence-electron chi connectivity index (χ0n) is 12.8. The van der Waals surface area contributed by atoms with Gasteiger partial charge in [0.05, 0.1) is 0 Å². The Labute approximate surface area is 125 Å². The summed E-state index contributed by atoms with van der Waals surface area (Å²) in [6.07, 6.45) is 1.89. The molecule has 2 aromatic heterocycles. The maximum atomic E-state index is 4.24. The van der Waals surface area contributed by atoms with Crippen LogP contribution in [0.4, 0.5) is 0 Å². The molecule has 3 nitrogen and oxygen atoms in total. The third-order valence-corrected chi connectivity index (χ3v) is 4.02. The second-order valence-corrected chi connectivity index (χ2v) is 6.63. The van der Waals surface area contributed by atoms with E-state index in [0.717, 1.165) is 25.3 Å². The van der Waals surface area contributed by atoms with Gasteiger partial charge in [-0.25, -0.2) is 0 Å². The van der Waals surface area contributed by atoms with Crippen molar-refractivity contribution in [3.05, 3.63) is 51.5 Å². The van der Waals surface area contributed by atoms with E-state index in [2.05, 4.69) is 59.5 Å². The lowest BCUT2D eigenvalue weighted by atomic mass is 10.2. The topological polar surface area (TPSA) is 19.4 Å². The van der Waals surface area contributed by atoms with Crippen molar-refractivity contribution in [3.63, 3.8) is 0 Å². The summed E-state index contributed by atoms with van der Waals surface area (Å²) < 4.78 is 0. The average Bonchev–Trinajstić information content (AvgIpc) is 2.75. The van der Waals surface area contributed by atoms with Gasteiger partial charge < -0.3 is 4.90 Å². The van der Waals surface area contributed by atoms with Gasteiger partial charge in [-0.1, -0.05) is 0 Å². The monoisotopic (exact) mass is 289 g/mol. The molecule has 0 bridgehead atoms. The molecule has 0 N–H and O–H groups in total. The molecule has 2 heterocycles. The fourth-order valence-corrected chi connectivity index (χ4v) is 3.25. The molecule has 2 aromatic rings. The van der Waals surface area contributed by atoms with Gasteiger partial charge in [0.1, 0.15) is 0 Å². The van der Waals surface area contributed by atoms with Crippen molar-refractivity contribution in [2.24, 2.45) is 0 Å². The summed E-state index contributed by atoms with van der Waals surface area (Å²) >= 11 is 1.85. The quantitative estimate of drug-likeness (QED) is 0.814. The molecule has 0 fully saturated rings. The molecular weight excluding hydrogens is 266 g/mol. The number of thiophene rings is 1. The number of hydrogen-bond donors (Lipinski definition) is 0. The summed E-state index contributed by atoms with van der Waals surface area (Å²) in [4.78, 5) is 10.2. The summed E-state index contributed by atoms with van der Waals surface area (Å²) in [5.74, 6) is 0. The first-order valence-corrected chi connectivity index (χ1v) is 7.72. The molecule has 20 heavy (non-hydrogen) atoms. The van der Waals surface area contributed by atoms with E-state index in [4.69, 9.17) is 0 Å². The van der Waals surface area contributed by atoms with Crippen LogP contribution in [0.3, 0.4) is 0 Å². The van der Waals surface area contributed by atoms with E-state index in [0.29, 0.717) is 0 Å². The van der Waals surface area contributed by atoms with E-state index in [9.17, 15) is 0 Å². The first-order chi connectivity index (χ1) is 9.52. The highest BCUT2D eigenvalue weighted by Crippen LogP contribution is 2.18. The first-order valence-electron chi connectivity index (χ1n) is 6.84. The van der Waals surface area contributed by atoms with Crippen molar-refractivity contribution < 1.29 is 0 Å². The number of hydrogen-bond acceptors (Lipinski definition) is 4. The van der Waals surface area contributed by atoms with Gasteiger partial charge in [-0.15, -0.1) is 11.3 Å². The maximum absolute atomic E-state index is 4.24. The SMILES string of the molecule is Cc1cc(CN(C)Cc2cc(CN(C)C)cs2)ccn1. The lowest BCUT2D eigenvalue weighted by molar-refractivity contribution is 0.321. The predicted octanol–water partition coefficient (Wildman–Crippen LogP) is 3.15. The van der Waals surface area contributed by atoms with Gasteiger partial charge in [-0.3, -0.25) is 9.88 Å². The lowest BCUT2D eigenvalue weighted by Crippen LogP contribution is -2.16. The fourth-order valence-electron chi connectivity index (χ4n) is 2.29. The summed E-state index contributed by atoms with van der Waals surface area (Å²) in [5, 5.41) is 2.26. The number of rotatable bonds is 6. The summed E-state index contributed by atoms with van der Waals surface area (Å²) in [6, 6.07) is 6.57. The van der Waals surface area contributed by atoms with Crippen LogP contribution in [0.5, 0.6) is 0 Å². The van der Waals surface area contributed by atoms with Crippen LogP contribution >= 0.6 is 11.3 Å².